The molecule has 0 amide bonds. The van der Waals surface area contributed by atoms with Gasteiger partial charge >= 0.3 is 5.70 Å². The Morgan fingerprint density at radius 2 is 1.43 bits per heavy atom. The molecule has 21 heavy (non-hydrogen) atoms. The first-order valence-electron chi connectivity index (χ1n) is 6.75. The molecule has 4 heteroatoms. The number of hydrogen-bond donors (Lipinski definition) is 0. The average Bonchev–Trinajstić information content (AvgIpc) is 2.48. The number of ether oxygens (including phenoxy) is 1. The van der Waals surface area contributed by atoms with Crippen molar-refractivity contribution >= 4 is 11.5 Å². The summed E-state index contributed by atoms with van der Waals surface area (Å²) in [6.07, 6.45) is -0.154. The van der Waals surface area contributed by atoms with Crippen molar-refractivity contribution in [3.8, 4) is 0 Å². The second-order valence-electron chi connectivity index (χ2n) is 4.83. The maximum Gasteiger partial charge on any atom is 0.318 e. The molecule has 0 radical (unpaired) electrons. The van der Waals surface area contributed by atoms with Crippen LogP contribution < -0.4 is 0 Å². The third kappa shape index (κ3) is 3.69. The lowest BCUT2D eigenvalue weighted by Crippen LogP contribution is -2.09. The van der Waals surface area contributed by atoms with Gasteiger partial charge in [-0.2, -0.15) is 0 Å². The largest absolute Gasteiger partial charge is 0.484 e. The molecule has 108 valence electrons. The van der Waals surface area contributed by atoms with Crippen LogP contribution in [0.15, 0.2) is 60.7 Å². The predicted octanol–water partition coefficient (Wildman–Crippen LogP) is 4.21. The Morgan fingerprint density at radius 3 is 1.86 bits per heavy atom. The Balaban J connectivity index is 2.65. The van der Waals surface area contributed by atoms with E-state index in [1.54, 1.807) is 24.3 Å². The third-order valence-electron chi connectivity index (χ3n) is 2.83. The summed E-state index contributed by atoms with van der Waals surface area (Å²) in [5.41, 5.74) is 1.21. The van der Waals surface area contributed by atoms with Crippen molar-refractivity contribution < 1.29 is 9.66 Å². The first-order chi connectivity index (χ1) is 10.1. The highest BCUT2D eigenvalue weighted by Gasteiger charge is 2.24. The fourth-order valence-electron chi connectivity index (χ4n) is 2.00. The molecule has 2 aromatic rings. The molecule has 2 aromatic carbocycles. The quantitative estimate of drug-likeness (QED) is 0.357. The van der Waals surface area contributed by atoms with Crippen LogP contribution in [-0.2, 0) is 4.74 Å². The van der Waals surface area contributed by atoms with Crippen molar-refractivity contribution in [1.82, 2.24) is 0 Å². The van der Waals surface area contributed by atoms with Crippen molar-refractivity contribution in [2.24, 2.45) is 0 Å². The lowest BCUT2D eigenvalue weighted by Gasteiger charge is -2.14. The third-order valence-corrected chi connectivity index (χ3v) is 2.83. The van der Waals surface area contributed by atoms with Crippen LogP contribution in [0.3, 0.4) is 0 Å². The molecule has 0 aromatic heterocycles. The molecule has 0 N–H and O–H groups in total. The Morgan fingerprint density at radius 1 is 0.952 bits per heavy atom. The van der Waals surface area contributed by atoms with Crippen LogP contribution in [0.4, 0.5) is 0 Å². The highest BCUT2D eigenvalue weighted by molar-refractivity contribution is 5.83. The molecule has 0 aliphatic rings. The van der Waals surface area contributed by atoms with Crippen LogP contribution in [0.25, 0.3) is 11.5 Å². The van der Waals surface area contributed by atoms with E-state index < -0.39 is 0 Å². The van der Waals surface area contributed by atoms with Crippen LogP contribution in [0.1, 0.15) is 25.0 Å². The number of nitrogens with zero attached hydrogens (tertiary/aromatic N) is 1. The molecule has 0 bridgehead atoms. The smallest absolute Gasteiger partial charge is 0.318 e. The highest BCUT2D eigenvalue weighted by Crippen LogP contribution is 2.28. The number of hydrogen-bond acceptors (Lipinski definition) is 3. The normalized spacial score (nSPS) is 12.0. The van der Waals surface area contributed by atoms with Crippen molar-refractivity contribution in [1.29, 1.82) is 0 Å². The molecule has 0 fully saturated rings. The fraction of sp³-hybridized carbons (Fsp3) is 0.176. The number of benzene rings is 2. The van der Waals surface area contributed by atoms with Crippen LogP contribution in [0.5, 0.6) is 0 Å². The van der Waals surface area contributed by atoms with Crippen molar-refractivity contribution in [3.63, 3.8) is 0 Å². The fourth-order valence-corrected chi connectivity index (χ4v) is 2.00. The molecular formula is C17H17NO3. The number of nitro groups is 1. The van der Waals surface area contributed by atoms with E-state index in [-0.39, 0.29) is 16.7 Å². The molecule has 0 saturated heterocycles. The average molecular weight is 283 g/mol. The van der Waals surface area contributed by atoms with Gasteiger partial charge in [0, 0.05) is 5.56 Å². The predicted molar refractivity (Wildman–Crippen MR) is 82.9 cm³/mol. The van der Waals surface area contributed by atoms with E-state index >= 15 is 0 Å². The summed E-state index contributed by atoms with van der Waals surface area (Å²) >= 11 is 0. The lowest BCUT2D eigenvalue weighted by molar-refractivity contribution is -0.375. The van der Waals surface area contributed by atoms with Crippen molar-refractivity contribution in [2.45, 2.75) is 20.0 Å². The van der Waals surface area contributed by atoms with E-state index in [0.717, 1.165) is 0 Å². The van der Waals surface area contributed by atoms with Crippen LogP contribution in [-0.4, -0.2) is 11.0 Å². The summed E-state index contributed by atoms with van der Waals surface area (Å²) in [6, 6.07) is 18.0. The monoisotopic (exact) mass is 283 g/mol. The number of rotatable bonds is 5. The molecular weight excluding hydrogens is 266 g/mol. The Bertz CT molecular complexity index is 634. The van der Waals surface area contributed by atoms with Gasteiger partial charge in [-0.3, -0.25) is 10.1 Å². The zero-order valence-corrected chi connectivity index (χ0v) is 12.0. The van der Waals surface area contributed by atoms with Crippen molar-refractivity contribution in [3.05, 3.63) is 81.9 Å². The Labute approximate surface area is 123 Å². The van der Waals surface area contributed by atoms with Gasteiger partial charge in [0.1, 0.15) is 0 Å². The molecule has 0 spiro atoms. The van der Waals surface area contributed by atoms with E-state index in [1.807, 2.05) is 50.2 Å². The van der Waals surface area contributed by atoms with Gasteiger partial charge in [-0.1, -0.05) is 48.5 Å². The summed E-state index contributed by atoms with van der Waals surface area (Å²) in [5, 5.41) is 11.6. The van der Waals surface area contributed by atoms with E-state index in [1.165, 1.54) is 0 Å². The van der Waals surface area contributed by atoms with E-state index in [9.17, 15) is 10.1 Å². The molecule has 2 rings (SSSR count). The van der Waals surface area contributed by atoms with Gasteiger partial charge in [-0.25, -0.2) is 0 Å². The van der Waals surface area contributed by atoms with Crippen LogP contribution >= 0.6 is 0 Å². The summed E-state index contributed by atoms with van der Waals surface area (Å²) in [7, 11) is 0. The summed E-state index contributed by atoms with van der Waals surface area (Å²) in [4.78, 5) is 11.2. The SMILES string of the molecule is CC(C)OC(=C(c1ccccc1)[N+](=O)[O-])c1ccccc1. The topological polar surface area (TPSA) is 52.4 Å². The van der Waals surface area contributed by atoms with Crippen molar-refractivity contribution in [2.75, 3.05) is 0 Å². The molecule has 0 saturated carbocycles. The van der Waals surface area contributed by atoms with Gasteiger partial charge in [-0.15, -0.1) is 0 Å². The van der Waals surface area contributed by atoms with Gasteiger partial charge in [0.05, 0.1) is 16.6 Å². The standard InChI is InChI=1S/C17H17NO3/c1-13(2)21-17(15-11-7-4-8-12-15)16(18(19)20)14-9-5-3-6-10-14/h3-13H,1-2H3. The Kier molecular flexibility index (Phi) is 4.72. The zero-order chi connectivity index (χ0) is 15.2. The molecule has 0 aliphatic heterocycles. The van der Waals surface area contributed by atoms with Gasteiger partial charge in [0.15, 0.2) is 0 Å². The minimum absolute atomic E-state index is 0.0181. The van der Waals surface area contributed by atoms with E-state index in [0.29, 0.717) is 16.9 Å². The molecule has 0 heterocycles. The molecule has 4 nitrogen and oxygen atoms in total. The van der Waals surface area contributed by atoms with Crippen LogP contribution in [0.2, 0.25) is 0 Å². The van der Waals surface area contributed by atoms with Gasteiger partial charge < -0.3 is 4.74 Å². The lowest BCUT2D eigenvalue weighted by atomic mass is 10.1. The minimum Gasteiger partial charge on any atom is -0.484 e. The van der Waals surface area contributed by atoms with Crippen LogP contribution in [0, 0.1) is 10.1 Å². The minimum atomic E-state index is -0.389. The first-order valence-corrected chi connectivity index (χ1v) is 6.75. The Hall–Kier alpha value is -2.62. The van der Waals surface area contributed by atoms with Gasteiger partial charge in [-0.05, 0) is 26.0 Å². The van der Waals surface area contributed by atoms with Gasteiger partial charge in [0.25, 0.3) is 0 Å². The van der Waals surface area contributed by atoms with E-state index in [4.69, 9.17) is 4.74 Å². The highest BCUT2D eigenvalue weighted by atomic mass is 16.6. The summed E-state index contributed by atoms with van der Waals surface area (Å²) in [5.74, 6) is 0.293. The molecule has 0 atom stereocenters. The second kappa shape index (κ2) is 6.70. The summed E-state index contributed by atoms with van der Waals surface area (Å²) < 4.78 is 5.75. The first kappa shape index (κ1) is 14.8. The maximum atomic E-state index is 11.6. The van der Waals surface area contributed by atoms with E-state index in [2.05, 4.69) is 0 Å². The molecule has 0 unspecified atom stereocenters. The summed E-state index contributed by atoms with van der Waals surface area (Å²) in [6.45, 7) is 3.71. The zero-order valence-electron chi connectivity index (χ0n) is 12.0. The van der Waals surface area contributed by atoms with Gasteiger partial charge in [0.2, 0.25) is 5.76 Å². The second-order valence-corrected chi connectivity index (χ2v) is 4.83. The molecule has 0 aliphatic carbocycles. The maximum absolute atomic E-state index is 11.6.